The molecule has 0 unspecified atom stereocenters. The van der Waals surface area contributed by atoms with Gasteiger partial charge < -0.3 is 25.7 Å². The molecule has 0 spiro atoms. The molecule has 1 aromatic heterocycles. The summed E-state index contributed by atoms with van der Waals surface area (Å²) in [4.78, 5) is 53.4. The summed E-state index contributed by atoms with van der Waals surface area (Å²) in [5, 5.41) is 8.54. The van der Waals surface area contributed by atoms with Gasteiger partial charge in [-0.1, -0.05) is 30.5 Å². The molecule has 188 valence electrons. The molecule has 3 amide bonds. The first-order valence-electron chi connectivity index (χ1n) is 11.7. The Hall–Kier alpha value is -3.14. The number of carbonyl (C=O) groups is 4. The van der Waals surface area contributed by atoms with E-state index in [4.69, 9.17) is 16.3 Å². The Labute approximate surface area is 206 Å². The number of aromatic amines is 1. The number of nitrogens with one attached hydrogen (secondary N) is 4. The molecule has 9 nitrogen and oxygen atoms in total. The van der Waals surface area contributed by atoms with Gasteiger partial charge in [-0.3, -0.25) is 14.4 Å². The number of H-pyrrole nitrogens is 1. The summed E-state index contributed by atoms with van der Waals surface area (Å²) in [6.45, 7) is 0.587. The van der Waals surface area contributed by atoms with Crippen LogP contribution in [0.15, 0.2) is 18.2 Å². The first-order valence-corrected chi connectivity index (χ1v) is 12.1. The van der Waals surface area contributed by atoms with Crippen molar-refractivity contribution < 1.29 is 28.3 Å². The van der Waals surface area contributed by atoms with Gasteiger partial charge in [-0.2, -0.15) is 0 Å². The van der Waals surface area contributed by atoms with Crippen LogP contribution >= 0.6 is 11.6 Å². The van der Waals surface area contributed by atoms with Crippen molar-refractivity contribution in [3.63, 3.8) is 0 Å². The van der Waals surface area contributed by atoms with Crippen LogP contribution in [0.5, 0.6) is 0 Å². The second-order valence-corrected chi connectivity index (χ2v) is 9.57. The molecule has 35 heavy (non-hydrogen) atoms. The third-order valence-electron chi connectivity index (χ3n) is 6.54. The van der Waals surface area contributed by atoms with Crippen molar-refractivity contribution in [2.45, 2.75) is 50.6 Å². The number of esters is 1. The van der Waals surface area contributed by atoms with Crippen LogP contribution in [-0.4, -0.2) is 54.4 Å². The van der Waals surface area contributed by atoms with Gasteiger partial charge in [0.1, 0.15) is 17.8 Å². The Bertz CT molecular complexity index is 1150. The number of ether oxygens (including phenoxy) is 1. The van der Waals surface area contributed by atoms with Gasteiger partial charge in [0.05, 0.1) is 17.6 Å². The van der Waals surface area contributed by atoms with Crippen LogP contribution in [0, 0.1) is 17.7 Å². The summed E-state index contributed by atoms with van der Waals surface area (Å²) >= 11 is 5.82. The zero-order chi connectivity index (χ0) is 25.1. The van der Waals surface area contributed by atoms with E-state index >= 15 is 0 Å². The highest BCUT2D eigenvalue weighted by atomic mass is 35.5. The van der Waals surface area contributed by atoms with Gasteiger partial charge in [-0.25, -0.2) is 9.18 Å². The van der Waals surface area contributed by atoms with E-state index in [0.29, 0.717) is 24.8 Å². The minimum absolute atomic E-state index is 0.0715. The zero-order valence-electron chi connectivity index (χ0n) is 19.3. The van der Waals surface area contributed by atoms with Crippen LogP contribution in [0.2, 0.25) is 5.02 Å². The predicted octanol–water partition coefficient (Wildman–Crippen LogP) is 2.43. The fourth-order valence-corrected chi connectivity index (χ4v) is 4.55. The van der Waals surface area contributed by atoms with Gasteiger partial charge in [-0.15, -0.1) is 0 Å². The molecule has 1 aliphatic heterocycles. The lowest BCUT2D eigenvalue weighted by Gasteiger charge is -2.27. The van der Waals surface area contributed by atoms with Crippen molar-refractivity contribution in [2.75, 3.05) is 13.7 Å². The highest BCUT2D eigenvalue weighted by Crippen LogP contribution is 2.34. The van der Waals surface area contributed by atoms with Crippen molar-refractivity contribution in [1.29, 1.82) is 0 Å². The minimum Gasteiger partial charge on any atom is -0.467 e. The molecule has 2 fully saturated rings. The van der Waals surface area contributed by atoms with Crippen LogP contribution in [0.25, 0.3) is 10.9 Å². The molecule has 3 atom stereocenters. The van der Waals surface area contributed by atoms with Gasteiger partial charge in [0.25, 0.3) is 5.91 Å². The quantitative estimate of drug-likeness (QED) is 0.388. The summed E-state index contributed by atoms with van der Waals surface area (Å²) < 4.78 is 19.1. The number of rotatable bonds is 9. The molecular formula is C24H28ClFN4O5. The second-order valence-electron chi connectivity index (χ2n) is 9.16. The molecule has 1 saturated carbocycles. The van der Waals surface area contributed by atoms with Crippen LogP contribution in [0.3, 0.4) is 0 Å². The number of fused-ring (bicyclic) bond motifs is 1. The number of carbonyl (C=O) groups excluding carboxylic acids is 4. The average molecular weight is 507 g/mol. The molecule has 1 saturated heterocycles. The molecule has 2 aliphatic rings. The van der Waals surface area contributed by atoms with E-state index < -0.39 is 41.6 Å². The van der Waals surface area contributed by atoms with E-state index in [-0.39, 0.29) is 34.5 Å². The topological polar surface area (TPSA) is 129 Å². The molecule has 1 aromatic carbocycles. The summed E-state index contributed by atoms with van der Waals surface area (Å²) in [6, 6.07) is 2.53. The van der Waals surface area contributed by atoms with Gasteiger partial charge in [0.2, 0.25) is 11.8 Å². The third kappa shape index (κ3) is 5.93. The van der Waals surface area contributed by atoms with Crippen LogP contribution in [-0.2, 0) is 19.1 Å². The fourth-order valence-electron chi connectivity index (χ4n) is 4.39. The standard InChI is InChI=1S/C24H28ClFN4O5/c1-35-24(34)18(11-14-3-2-8-27-21(14)31)30-22(32)16(9-12-4-5-12)29-23(33)17-10-13-6-7-15(25)19(26)20(13)28-17/h6-7,10,12,14,16,18,28H,2-5,8-9,11H2,1H3,(H,27,31)(H,29,33)(H,30,32)/t14-,16-,18-/m0/s1. The number of amides is 3. The molecular weight excluding hydrogens is 479 g/mol. The van der Waals surface area contributed by atoms with E-state index in [0.717, 1.165) is 19.3 Å². The molecule has 11 heteroatoms. The SMILES string of the molecule is COC(=O)[C@H](C[C@@H]1CCCNC1=O)NC(=O)[C@H](CC1CC1)NC(=O)c1cc2ccc(Cl)c(F)c2[nH]1. The minimum atomic E-state index is -1.02. The molecule has 1 aliphatic carbocycles. The molecule has 2 heterocycles. The maximum atomic E-state index is 14.3. The number of benzene rings is 1. The van der Waals surface area contributed by atoms with Crippen LogP contribution in [0.4, 0.5) is 4.39 Å². The van der Waals surface area contributed by atoms with E-state index in [2.05, 4.69) is 20.9 Å². The summed E-state index contributed by atoms with van der Waals surface area (Å²) in [6.07, 6.45) is 3.79. The van der Waals surface area contributed by atoms with Gasteiger partial charge in [0, 0.05) is 17.8 Å². The Morgan fingerprint density at radius 3 is 2.63 bits per heavy atom. The normalized spacial score (nSPS) is 19.5. The van der Waals surface area contributed by atoms with Crippen molar-refractivity contribution in [2.24, 2.45) is 11.8 Å². The number of methoxy groups -OCH3 is 1. The molecule has 0 radical (unpaired) electrons. The maximum absolute atomic E-state index is 14.3. The largest absolute Gasteiger partial charge is 0.467 e. The first kappa shape index (κ1) is 25.0. The van der Waals surface area contributed by atoms with Gasteiger partial charge in [0.15, 0.2) is 5.82 Å². The Balaban J connectivity index is 1.48. The van der Waals surface area contributed by atoms with E-state index in [1.54, 1.807) is 6.07 Å². The van der Waals surface area contributed by atoms with Gasteiger partial charge in [-0.05, 0) is 43.7 Å². The van der Waals surface area contributed by atoms with Crippen molar-refractivity contribution in [3.05, 3.63) is 34.7 Å². The fraction of sp³-hybridized carbons (Fsp3) is 0.500. The van der Waals surface area contributed by atoms with E-state index in [9.17, 15) is 23.6 Å². The smallest absolute Gasteiger partial charge is 0.328 e. The van der Waals surface area contributed by atoms with E-state index in [1.165, 1.54) is 19.2 Å². The van der Waals surface area contributed by atoms with E-state index in [1.807, 2.05) is 0 Å². The molecule has 0 bridgehead atoms. The predicted molar refractivity (Wildman–Crippen MR) is 126 cm³/mol. The lowest BCUT2D eigenvalue weighted by molar-refractivity contribution is -0.146. The highest BCUT2D eigenvalue weighted by Gasteiger charge is 2.35. The summed E-state index contributed by atoms with van der Waals surface area (Å²) in [5.41, 5.74) is 0.181. The van der Waals surface area contributed by atoms with Crippen molar-refractivity contribution >= 4 is 46.2 Å². The number of aromatic nitrogens is 1. The zero-order valence-corrected chi connectivity index (χ0v) is 20.0. The summed E-state index contributed by atoms with van der Waals surface area (Å²) in [7, 11) is 1.22. The number of hydrogen-bond donors (Lipinski definition) is 4. The van der Waals surface area contributed by atoms with Crippen LogP contribution in [0.1, 0.15) is 49.0 Å². The number of hydrogen-bond acceptors (Lipinski definition) is 5. The van der Waals surface area contributed by atoms with Crippen molar-refractivity contribution in [1.82, 2.24) is 20.9 Å². The Morgan fingerprint density at radius 1 is 1.17 bits per heavy atom. The van der Waals surface area contributed by atoms with Crippen molar-refractivity contribution in [3.8, 4) is 0 Å². The monoisotopic (exact) mass is 506 g/mol. The van der Waals surface area contributed by atoms with Crippen LogP contribution < -0.4 is 16.0 Å². The molecule has 4 rings (SSSR count). The lowest BCUT2D eigenvalue weighted by atomic mass is 9.91. The maximum Gasteiger partial charge on any atom is 0.328 e. The first-order chi connectivity index (χ1) is 16.8. The highest BCUT2D eigenvalue weighted by molar-refractivity contribution is 6.31. The third-order valence-corrected chi connectivity index (χ3v) is 6.83. The number of halogens is 2. The average Bonchev–Trinajstić information content (AvgIpc) is 3.55. The van der Waals surface area contributed by atoms with Gasteiger partial charge >= 0.3 is 5.97 Å². The number of piperidine rings is 1. The molecule has 4 N–H and O–H groups in total. The second kappa shape index (κ2) is 10.6. The summed E-state index contributed by atoms with van der Waals surface area (Å²) in [5.74, 6) is -2.74. The lowest BCUT2D eigenvalue weighted by Crippen LogP contribution is -2.53. The Morgan fingerprint density at radius 2 is 1.94 bits per heavy atom. The Kier molecular flexibility index (Phi) is 7.59. The molecule has 2 aromatic rings.